The summed E-state index contributed by atoms with van der Waals surface area (Å²) in [7, 11) is 0. The monoisotopic (exact) mass is 654 g/mol. The molecule has 5 aromatic rings. The van der Waals surface area contributed by atoms with Gasteiger partial charge in [0.25, 0.3) is 16.9 Å². The van der Waals surface area contributed by atoms with E-state index in [4.69, 9.17) is 19.9 Å². The number of nitrogens with two attached hydrogens (primary N) is 1. The highest BCUT2D eigenvalue weighted by Gasteiger charge is 2.41. The fraction of sp³-hybridized carbons (Fsp3) is 0.188. The second-order valence-corrected chi connectivity index (χ2v) is 10.9. The average molecular weight is 655 g/mol. The number of fused-ring (bicyclic) bond motifs is 1. The summed E-state index contributed by atoms with van der Waals surface area (Å²) in [6, 6.07) is 18.9. The lowest BCUT2D eigenvalue weighted by Gasteiger charge is -2.19. The number of benzene rings is 3. The van der Waals surface area contributed by atoms with Crippen molar-refractivity contribution in [2.45, 2.75) is 31.3 Å². The van der Waals surface area contributed by atoms with Gasteiger partial charge in [0, 0.05) is 42.4 Å². The minimum atomic E-state index is -0.986. The molecule has 0 spiro atoms. The van der Waals surface area contributed by atoms with E-state index in [-0.39, 0.29) is 59.1 Å². The number of anilines is 1. The minimum Gasteiger partial charge on any atom is -0.459 e. The van der Waals surface area contributed by atoms with Crippen LogP contribution in [0.3, 0.4) is 0 Å². The first-order chi connectivity index (χ1) is 23.1. The van der Waals surface area contributed by atoms with Crippen LogP contribution in [0.4, 0.5) is 17.3 Å². The number of hydrogen-bond acceptors (Lipinski definition) is 12. The van der Waals surface area contributed by atoms with E-state index in [0.717, 1.165) is 17.7 Å². The molecule has 2 aromatic heterocycles. The number of aromatic nitrogens is 3. The van der Waals surface area contributed by atoms with Crippen LogP contribution >= 0.6 is 0 Å². The summed E-state index contributed by atoms with van der Waals surface area (Å²) >= 11 is 0. The van der Waals surface area contributed by atoms with Gasteiger partial charge in [-0.3, -0.25) is 29.6 Å². The fourth-order valence-corrected chi connectivity index (χ4v) is 5.37. The Labute approximate surface area is 270 Å². The number of ether oxygens (including phenoxy) is 3. The number of aromatic amines is 1. The molecule has 16 heteroatoms. The fourth-order valence-electron chi connectivity index (χ4n) is 5.37. The lowest BCUT2D eigenvalue weighted by molar-refractivity contribution is -0.385. The smallest absolute Gasteiger partial charge is 0.338 e. The molecule has 3 N–H and O–H groups in total. The number of carbonyl (C=O) groups is 2. The van der Waals surface area contributed by atoms with Crippen molar-refractivity contribution in [3.63, 3.8) is 0 Å². The Hall–Kier alpha value is -6.42. The molecule has 3 atom stereocenters. The first-order valence-electron chi connectivity index (χ1n) is 14.5. The molecule has 1 fully saturated rings. The molecule has 0 radical (unpaired) electrons. The van der Waals surface area contributed by atoms with E-state index in [0.29, 0.717) is 5.56 Å². The van der Waals surface area contributed by atoms with Gasteiger partial charge < -0.3 is 24.9 Å². The number of nitro groups is 2. The third-order valence-corrected chi connectivity index (χ3v) is 7.84. The Balaban J connectivity index is 1.25. The van der Waals surface area contributed by atoms with Crippen LogP contribution in [0.2, 0.25) is 0 Å². The third kappa shape index (κ3) is 6.45. The molecule has 244 valence electrons. The van der Waals surface area contributed by atoms with Gasteiger partial charge in [-0.05, 0) is 29.8 Å². The van der Waals surface area contributed by atoms with Crippen LogP contribution in [0.15, 0.2) is 89.9 Å². The van der Waals surface area contributed by atoms with E-state index in [9.17, 15) is 34.6 Å². The summed E-state index contributed by atoms with van der Waals surface area (Å²) in [4.78, 5) is 67.5. The second-order valence-electron chi connectivity index (χ2n) is 10.9. The van der Waals surface area contributed by atoms with E-state index in [2.05, 4.69) is 9.97 Å². The molecule has 0 aliphatic carbocycles. The summed E-state index contributed by atoms with van der Waals surface area (Å²) in [5, 5.41) is 22.0. The zero-order chi connectivity index (χ0) is 33.9. The number of nitrogens with one attached hydrogen (secondary N) is 1. The Morgan fingerprint density at radius 1 is 0.938 bits per heavy atom. The van der Waals surface area contributed by atoms with Crippen molar-refractivity contribution < 1.29 is 33.6 Å². The molecular formula is C32H26N6O10. The van der Waals surface area contributed by atoms with Crippen molar-refractivity contribution in [1.82, 2.24) is 14.5 Å². The summed E-state index contributed by atoms with van der Waals surface area (Å²) in [6.07, 6.45) is -1.12. The number of rotatable bonds is 10. The maximum atomic E-state index is 13.4. The number of H-pyrrole nitrogens is 1. The van der Waals surface area contributed by atoms with Gasteiger partial charge in [0.05, 0.1) is 33.6 Å². The Morgan fingerprint density at radius 3 is 2.15 bits per heavy atom. The number of carbonyl (C=O) groups excluding carboxylic acids is 2. The predicted molar refractivity (Wildman–Crippen MR) is 168 cm³/mol. The van der Waals surface area contributed by atoms with Gasteiger partial charge in [0.2, 0.25) is 5.95 Å². The largest absolute Gasteiger partial charge is 0.459 e. The molecule has 0 bridgehead atoms. The van der Waals surface area contributed by atoms with Crippen LogP contribution in [0, 0.1) is 20.2 Å². The SMILES string of the molecule is Nc1nc2c([C@H]3C[C@H](OC(=O)c4ccc([N+](=O)[O-])cc4)[C@@H](COC(=O)c4ccc([N+](=O)[O-])cc4)O3)c[nH]c2c(=O)n1Cc1ccccc1. The van der Waals surface area contributed by atoms with Crippen molar-refractivity contribution in [3.05, 3.63) is 138 Å². The summed E-state index contributed by atoms with van der Waals surface area (Å²) in [5.74, 6) is -1.61. The second kappa shape index (κ2) is 13.1. The minimum absolute atomic E-state index is 0.0232. The predicted octanol–water partition coefficient (Wildman–Crippen LogP) is 4.08. The molecule has 0 unspecified atom stereocenters. The molecule has 0 saturated carbocycles. The van der Waals surface area contributed by atoms with Crippen molar-refractivity contribution in [2.24, 2.45) is 0 Å². The molecule has 3 aromatic carbocycles. The van der Waals surface area contributed by atoms with E-state index in [1.165, 1.54) is 41.0 Å². The quantitative estimate of drug-likeness (QED) is 0.123. The first-order valence-corrected chi connectivity index (χ1v) is 14.5. The van der Waals surface area contributed by atoms with Crippen LogP contribution in [0.5, 0.6) is 0 Å². The Bertz CT molecular complexity index is 2080. The van der Waals surface area contributed by atoms with Crippen LogP contribution in [0.1, 0.15) is 44.4 Å². The zero-order valence-electron chi connectivity index (χ0n) is 24.9. The van der Waals surface area contributed by atoms with Crippen LogP contribution in [-0.2, 0) is 20.8 Å². The molecule has 1 aliphatic rings. The number of nitrogens with zero attached hydrogens (tertiary/aromatic N) is 4. The summed E-state index contributed by atoms with van der Waals surface area (Å²) < 4.78 is 18.7. The van der Waals surface area contributed by atoms with E-state index in [1.54, 1.807) is 6.20 Å². The number of hydrogen-bond donors (Lipinski definition) is 2. The van der Waals surface area contributed by atoms with Gasteiger partial charge in [-0.1, -0.05) is 30.3 Å². The normalized spacial score (nSPS) is 17.2. The Morgan fingerprint density at radius 2 is 1.54 bits per heavy atom. The van der Waals surface area contributed by atoms with Gasteiger partial charge in [0.15, 0.2) is 0 Å². The molecule has 3 heterocycles. The zero-order valence-corrected chi connectivity index (χ0v) is 24.9. The van der Waals surface area contributed by atoms with Gasteiger partial charge in [-0.2, -0.15) is 0 Å². The number of esters is 2. The standard InChI is InChI=1S/C32H26N6O10/c33-32-35-27-23(15-34-28(27)29(39)36(32)16-18-4-2-1-3-5-18)24-14-25(48-31(41)20-8-12-22(13-9-20)38(44)45)26(47-24)17-46-30(40)19-6-10-21(11-7-19)37(42)43/h1-13,15,24-26,34H,14,16-17H2,(H2,33,35)/t24-,25+,26-/m1/s1. The summed E-state index contributed by atoms with van der Waals surface area (Å²) in [5.41, 5.74) is 7.27. The molecule has 16 nitrogen and oxygen atoms in total. The van der Waals surface area contributed by atoms with Crippen molar-refractivity contribution in [3.8, 4) is 0 Å². The highest BCUT2D eigenvalue weighted by molar-refractivity contribution is 5.90. The highest BCUT2D eigenvalue weighted by Crippen LogP contribution is 2.38. The Kier molecular flexibility index (Phi) is 8.63. The topological polar surface area (TPSA) is 225 Å². The molecule has 6 rings (SSSR count). The lowest BCUT2D eigenvalue weighted by atomic mass is 10.1. The maximum Gasteiger partial charge on any atom is 0.338 e. The number of nitrogen functional groups attached to an aromatic ring is 1. The van der Waals surface area contributed by atoms with E-state index >= 15 is 0 Å². The van der Waals surface area contributed by atoms with Crippen LogP contribution < -0.4 is 11.3 Å². The first kappa shape index (κ1) is 31.6. The van der Waals surface area contributed by atoms with Crippen LogP contribution in [-0.4, -0.2) is 55.1 Å². The van der Waals surface area contributed by atoms with Crippen LogP contribution in [0.25, 0.3) is 11.0 Å². The molecular weight excluding hydrogens is 628 g/mol. The lowest BCUT2D eigenvalue weighted by Crippen LogP contribution is -2.32. The van der Waals surface area contributed by atoms with E-state index < -0.39 is 45.7 Å². The van der Waals surface area contributed by atoms with Crippen molar-refractivity contribution in [1.29, 1.82) is 0 Å². The van der Waals surface area contributed by atoms with Gasteiger partial charge in [-0.15, -0.1) is 0 Å². The third-order valence-electron chi connectivity index (χ3n) is 7.84. The maximum absolute atomic E-state index is 13.4. The highest BCUT2D eigenvalue weighted by atomic mass is 16.6. The van der Waals surface area contributed by atoms with E-state index in [1.807, 2.05) is 30.3 Å². The molecule has 1 saturated heterocycles. The molecule has 1 aliphatic heterocycles. The van der Waals surface area contributed by atoms with Gasteiger partial charge in [0.1, 0.15) is 29.8 Å². The average Bonchev–Trinajstić information content (AvgIpc) is 3.69. The van der Waals surface area contributed by atoms with Gasteiger partial charge >= 0.3 is 11.9 Å². The summed E-state index contributed by atoms with van der Waals surface area (Å²) in [6.45, 7) is -0.169. The number of nitro benzene ring substituents is 2. The number of non-ortho nitro benzene ring substituents is 2. The van der Waals surface area contributed by atoms with Crippen molar-refractivity contribution >= 4 is 40.3 Å². The van der Waals surface area contributed by atoms with Crippen molar-refractivity contribution in [2.75, 3.05) is 12.3 Å². The molecule has 0 amide bonds. The molecule has 48 heavy (non-hydrogen) atoms. The van der Waals surface area contributed by atoms with Gasteiger partial charge in [-0.25, -0.2) is 14.6 Å².